The van der Waals surface area contributed by atoms with Crippen molar-refractivity contribution in [3.63, 3.8) is 0 Å². The lowest BCUT2D eigenvalue weighted by Gasteiger charge is -2.30. The number of fused-ring (bicyclic) bond motifs is 1. The molecule has 5 rings (SSSR count). The van der Waals surface area contributed by atoms with Gasteiger partial charge in [-0.05, 0) is 63.3 Å². The minimum absolute atomic E-state index is 0.0610. The van der Waals surface area contributed by atoms with Crippen LogP contribution in [-0.4, -0.2) is 41.5 Å². The Morgan fingerprint density at radius 3 is 2.39 bits per heavy atom. The molecule has 1 saturated heterocycles. The molecule has 0 atom stereocenters. The molecule has 0 bridgehead atoms. The van der Waals surface area contributed by atoms with E-state index in [-0.39, 0.29) is 11.8 Å². The van der Waals surface area contributed by atoms with E-state index in [1.807, 2.05) is 41.9 Å². The van der Waals surface area contributed by atoms with Crippen LogP contribution in [-0.2, 0) is 27.7 Å². The van der Waals surface area contributed by atoms with E-state index >= 15 is 0 Å². The van der Waals surface area contributed by atoms with E-state index in [9.17, 15) is 13.2 Å². The highest BCUT2D eigenvalue weighted by atomic mass is 32.2. The van der Waals surface area contributed by atoms with E-state index in [0.717, 1.165) is 47.6 Å². The summed E-state index contributed by atoms with van der Waals surface area (Å²) in [5.41, 5.74) is 4.10. The van der Waals surface area contributed by atoms with Crippen molar-refractivity contribution in [3.8, 4) is 5.69 Å². The predicted octanol–water partition coefficient (Wildman–Crippen LogP) is 3.71. The highest BCUT2D eigenvalue weighted by Crippen LogP contribution is 2.32. The summed E-state index contributed by atoms with van der Waals surface area (Å²) in [6.07, 6.45) is 3.88. The number of amides is 1. The van der Waals surface area contributed by atoms with Crippen molar-refractivity contribution < 1.29 is 13.2 Å². The van der Waals surface area contributed by atoms with Gasteiger partial charge in [0.05, 0.1) is 16.3 Å². The standard InChI is InChI=1S/C25H28N4O3S/c1-18-10-12-21(13-11-18)33(31,32)28-16-14-19(15-17-28)25(30)26-24-22-8-5-9-23(22)27-29(24)20-6-3-2-4-7-20/h2-4,6-7,10-13,19H,5,8-9,14-17H2,1H3,(H,26,30). The molecule has 0 saturated carbocycles. The first-order valence-corrected chi connectivity index (χ1v) is 12.9. The number of carbonyl (C=O) groups excluding carboxylic acids is 1. The van der Waals surface area contributed by atoms with Crippen molar-refractivity contribution in [1.82, 2.24) is 14.1 Å². The van der Waals surface area contributed by atoms with Gasteiger partial charge in [-0.2, -0.15) is 9.40 Å². The lowest BCUT2D eigenvalue weighted by Crippen LogP contribution is -2.41. The summed E-state index contributed by atoms with van der Waals surface area (Å²) in [6, 6.07) is 16.7. The number of hydrogen-bond acceptors (Lipinski definition) is 4. The lowest BCUT2D eigenvalue weighted by molar-refractivity contribution is -0.121. The van der Waals surface area contributed by atoms with Crippen LogP contribution in [0.2, 0.25) is 0 Å². The van der Waals surface area contributed by atoms with Crippen LogP contribution < -0.4 is 5.32 Å². The van der Waals surface area contributed by atoms with Gasteiger partial charge < -0.3 is 5.32 Å². The zero-order chi connectivity index (χ0) is 23.0. The first kappa shape index (κ1) is 21.9. The molecule has 2 aliphatic rings. The largest absolute Gasteiger partial charge is 0.310 e. The van der Waals surface area contributed by atoms with Gasteiger partial charge in [0.2, 0.25) is 15.9 Å². The van der Waals surface area contributed by atoms with Crippen molar-refractivity contribution in [2.45, 2.75) is 43.9 Å². The molecule has 1 fully saturated rings. The average molecular weight is 465 g/mol. The van der Waals surface area contributed by atoms with Crippen molar-refractivity contribution >= 4 is 21.7 Å². The summed E-state index contributed by atoms with van der Waals surface area (Å²) in [5.74, 6) is 0.466. The molecule has 0 radical (unpaired) electrons. The smallest absolute Gasteiger partial charge is 0.243 e. The third-order valence-electron chi connectivity index (χ3n) is 6.63. The number of sulfonamides is 1. The molecule has 1 aliphatic carbocycles. The van der Waals surface area contributed by atoms with E-state index < -0.39 is 10.0 Å². The Hall–Kier alpha value is -2.97. The van der Waals surface area contributed by atoms with Gasteiger partial charge in [0.1, 0.15) is 5.82 Å². The monoisotopic (exact) mass is 464 g/mol. The van der Waals surface area contributed by atoms with Crippen LogP contribution in [0.4, 0.5) is 5.82 Å². The third kappa shape index (κ3) is 4.20. The Labute approximate surface area is 194 Å². The van der Waals surface area contributed by atoms with E-state index in [4.69, 9.17) is 5.10 Å². The number of aryl methyl sites for hydroxylation is 2. The molecule has 0 spiro atoms. The summed E-state index contributed by atoms with van der Waals surface area (Å²) >= 11 is 0. The van der Waals surface area contributed by atoms with Gasteiger partial charge in [0.25, 0.3) is 0 Å². The summed E-state index contributed by atoms with van der Waals surface area (Å²) in [7, 11) is -3.54. The second-order valence-corrected chi connectivity index (χ2v) is 10.8. The zero-order valence-corrected chi connectivity index (χ0v) is 19.5. The Bertz CT molecular complexity index is 1260. The quantitative estimate of drug-likeness (QED) is 0.624. The number of rotatable bonds is 5. The Kier molecular flexibility index (Phi) is 5.80. The van der Waals surface area contributed by atoms with E-state index in [1.165, 1.54) is 4.31 Å². The number of anilines is 1. The van der Waals surface area contributed by atoms with Crippen LogP contribution in [0.25, 0.3) is 5.69 Å². The third-order valence-corrected chi connectivity index (χ3v) is 8.55. The summed E-state index contributed by atoms with van der Waals surface area (Å²) in [4.78, 5) is 13.5. The molecular formula is C25H28N4O3S. The molecule has 1 N–H and O–H groups in total. The van der Waals surface area contributed by atoms with Crippen molar-refractivity contribution in [2.24, 2.45) is 5.92 Å². The maximum atomic E-state index is 13.2. The molecule has 1 aromatic heterocycles. The minimum atomic E-state index is -3.54. The maximum absolute atomic E-state index is 13.2. The van der Waals surface area contributed by atoms with Gasteiger partial charge in [-0.25, -0.2) is 13.1 Å². The first-order chi connectivity index (χ1) is 15.9. The normalized spacial score (nSPS) is 17.1. The number of piperidine rings is 1. The first-order valence-electron chi connectivity index (χ1n) is 11.5. The van der Waals surface area contributed by atoms with Gasteiger partial charge in [0, 0.05) is 24.6 Å². The minimum Gasteiger partial charge on any atom is -0.310 e. The Morgan fingerprint density at radius 1 is 1.00 bits per heavy atom. The molecule has 1 amide bonds. The van der Waals surface area contributed by atoms with Crippen LogP contribution in [0.15, 0.2) is 59.5 Å². The van der Waals surface area contributed by atoms with Crippen molar-refractivity contribution in [1.29, 1.82) is 0 Å². The van der Waals surface area contributed by atoms with Crippen LogP contribution in [0, 0.1) is 12.8 Å². The topological polar surface area (TPSA) is 84.3 Å². The number of nitrogens with one attached hydrogen (secondary N) is 1. The van der Waals surface area contributed by atoms with Gasteiger partial charge in [-0.3, -0.25) is 4.79 Å². The van der Waals surface area contributed by atoms with E-state index in [0.29, 0.717) is 30.8 Å². The molecule has 3 aromatic rings. The molecule has 0 unspecified atom stereocenters. The van der Waals surface area contributed by atoms with Gasteiger partial charge in [-0.1, -0.05) is 35.9 Å². The van der Waals surface area contributed by atoms with Gasteiger partial charge in [0.15, 0.2) is 0 Å². The fourth-order valence-electron chi connectivity index (χ4n) is 4.71. The van der Waals surface area contributed by atoms with Crippen LogP contribution in [0.1, 0.15) is 36.1 Å². The molecule has 33 heavy (non-hydrogen) atoms. The van der Waals surface area contributed by atoms with Crippen LogP contribution in [0.3, 0.4) is 0 Å². The van der Waals surface area contributed by atoms with Gasteiger partial charge >= 0.3 is 0 Å². The Balaban J connectivity index is 1.29. The number of nitrogens with zero attached hydrogens (tertiary/aromatic N) is 3. The second kappa shape index (κ2) is 8.76. The molecule has 7 nitrogen and oxygen atoms in total. The predicted molar refractivity (Wildman–Crippen MR) is 127 cm³/mol. The van der Waals surface area contributed by atoms with Crippen molar-refractivity contribution in [3.05, 3.63) is 71.4 Å². The fourth-order valence-corrected chi connectivity index (χ4v) is 6.18. The molecule has 2 aromatic carbocycles. The molecule has 1 aliphatic heterocycles. The van der Waals surface area contributed by atoms with E-state index in [2.05, 4.69) is 5.32 Å². The average Bonchev–Trinajstić information content (AvgIpc) is 3.43. The molecule has 2 heterocycles. The highest BCUT2D eigenvalue weighted by Gasteiger charge is 2.33. The SMILES string of the molecule is Cc1ccc(S(=O)(=O)N2CCC(C(=O)Nc3c4c(nn3-c3ccccc3)CCC4)CC2)cc1. The number of carbonyl (C=O) groups is 1. The lowest BCUT2D eigenvalue weighted by atomic mass is 9.97. The molecule has 172 valence electrons. The van der Waals surface area contributed by atoms with Gasteiger partial charge in [-0.15, -0.1) is 0 Å². The summed E-state index contributed by atoms with van der Waals surface area (Å²) in [5, 5.41) is 7.90. The number of aromatic nitrogens is 2. The Morgan fingerprint density at radius 2 is 1.70 bits per heavy atom. The fraction of sp³-hybridized carbons (Fsp3) is 0.360. The summed E-state index contributed by atoms with van der Waals surface area (Å²) in [6.45, 7) is 2.61. The summed E-state index contributed by atoms with van der Waals surface area (Å²) < 4.78 is 29.3. The van der Waals surface area contributed by atoms with Crippen LogP contribution >= 0.6 is 0 Å². The maximum Gasteiger partial charge on any atom is 0.243 e. The molecule has 8 heteroatoms. The van der Waals surface area contributed by atoms with Crippen molar-refractivity contribution in [2.75, 3.05) is 18.4 Å². The van der Waals surface area contributed by atoms with Crippen LogP contribution in [0.5, 0.6) is 0 Å². The number of para-hydroxylation sites is 1. The zero-order valence-electron chi connectivity index (χ0n) is 18.7. The second-order valence-electron chi connectivity index (χ2n) is 8.86. The highest BCUT2D eigenvalue weighted by molar-refractivity contribution is 7.89. The number of hydrogen-bond donors (Lipinski definition) is 1. The number of benzene rings is 2. The van der Waals surface area contributed by atoms with E-state index in [1.54, 1.807) is 24.3 Å². The molecular weight excluding hydrogens is 436 g/mol.